The van der Waals surface area contributed by atoms with Crippen LogP contribution in [0.25, 0.3) is 6.08 Å². The van der Waals surface area contributed by atoms with E-state index in [4.69, 9.17) is 9.47 Å². The minimum absolute atomic E-state index is 0.0207. The Morgan fingerprint density at radius 1 is 1.30 bits per heavy atom. The van der Waals surface area contributed by atoms with Crippen molar-refractivity contribution in [1.82, 2.24) is 4.90 Å². The normalized spacial score (nSPS) is 39.9. The van der Waals surface area contributed by atoms with E-state index in [0.29, 0.717) is 6.61 Å². The van der Waals surface area contributed by atoms with Crippen LogP contribution in [0.4, 0.5) is 0 Å². The van der Waals surface area contributed by atoms with Crippen LogP contribution in [0.5, 0.6) is 0 Å². The first-order valence-electron chi connectivity index (χ1n) is 8.02. The molecule has 1 aromatic rings. The molecule has 1 aromatic carbocycles. The van der Waals surface area contributed by atoms with Gasteiger partial charge in [-0.2, -0.15) is 0 Å². The Kier molecular flexibility index (Phi) is 2.65. The van der Waals surface area contributed by atoms with Crippen LogP contribution in [-0.2, 0) is 19.1 Å². The highest BCUT2D eigenvalue weighted by Gasteiger charge is 2.63. The molecule has 0 unspecified atom stereocenters. The second-order valence-corrected chi connectivity index (χ2v) is 6.74. The number of ketones is 2. The Hall–Kier alpha value is -1.98. The van der Waals surface area contributed by atoms with Crippen molar-refractivity contribution in [3.8, 4) is 0 Å². The number of carbonyl (C=O) groups is 2. The smallest absolute Gasteiger partial charge is 0.218 e. The van der Waals surface area contributed by atoms with Crippen molar-refractivity contribution in [1.29, 1.82) is 0 Å². The maximum absolute atomic E-state index is 12.9. The molecule has 3 saturated heterocycles. The molecular weight excluding hydrogens is 294 g/mol. The van der Waals surface area contributed by atoms with Crippen LogP contribution >= 0.6 is 0 Å². The van der Waals surface area contributed by atoms with Crippen molar-refractivity contribution in [2.75, 3.05) is 6.61 Å². The molecule has 0 amide bonds. The lowest BCUT2D eigenvalue weighted by Gasteiger charge is -2.34. The lowest BCUT2D eigenvalue weighted by Crippen LogP contribution is -2.47. The molecule has 0 radical (unpaired) electrons. The van der Waals surface area contributed by atoms with Crippen LogP contribution < -0.4 is 0 Å². The molecule has 2 bridgehead atoms. The van der Waals surface area contributed by atoms with E-state index in [1.54, 1.807) is 6.92 Å². The fourth-order valence-electron chi connectivity index (χ4n) is 4.79. The summed E-state index contributed by atoms with van der Waals surface area (Å²) in [7, 11) is 0. The topological polar surface area (TPSA) is 55.8 Å². The minimum atomic E-state index is -0.758. The summed E-state index contributed by atoms with van der Waals surface area (Å²) >= 11 is 0. The molecule has 4 aliphatic rings. The Bertz CT molecular complexity index is 742. The summed E-state index contributed by atoms with van der Waals surface area (Å²) < 4.78 is 11.2. The van der Waals surface area contributed by atoms with Gasteiger partial charge in [0, 0.05) is 12.1 Å². The standard InChI is InChI=1S/C18H17NO4/c1-9(20)15-13-12-8-22-18(23-12)17(21)14(13)16-11-5-3-2-4-10(11)6-7-19(15)16/h2-7,12-16,18H,8H2,1H3/t12-,13-,14-,15+,16+,18+/m1/s1. The summed E-state index contributed by atoms with van der Waals surface area (Å²) in [5, 5.41) is 0. The number of rotatable bonds is 1. The van der Waals surface area contributed by atoms with Crippen molar-refractivity contribution >= 4 is 17.6 Å². The average molecular weight is 311 g/mol. The predicted molar refractivity (Wildman–Crippen MR) is 81.1 cm³/mol. The summed E-state index contributed by atoms with van der Waals surface area (Å²) in [6, 6.07) is 7.66. The van der Waals surface area contributed by atoms with Gasteiger partial charge >= 0.3 is 0 Å². The summed E-state index contributed by atoms with van der Waals surface area (Å²) in [6.07, 6.45) is 3.06. The second kappa shape index (κ2) is 4.52. The van der Waals surface area contributed by atoms with Crippen LogP contribution in [0, 0.1) is 11.8 Å². The number of ether oxygens (including phenoxy) is 2. The van der Waals surface area contributed by atoms with Crippen molar-refractivity contribution in [2.45, 2.75) is 31.4 Å². The van der Waals surface area contributed by atoms with Crippen molar-refractivity contribution in [3.05, 3.63) is 41.6 Å². The maximum Gasteiger partial charge on any atom is 0.218 e. The molecule has 23 heavy (non-hydrogen) atoms. The Balaban J connectivity index is 1.70. The lowest BCUT2D eigenvalue weighted by molar-refractivity contribution is -0.165. The molecule has 5 nitrogen and oxygen atoms in total. The van der Waals surface area contributed by atoms with Gasteiger partial charge in [-0.3, -0.25) is 9.59 Å². The highest BCUT2D eigenvalue weighted by Crippen LogP contribution is 2.54. The number of hydrogen-bond acceptors (Lipinski definition) is 5. The Morgan fingerprint density at radius 2 is 2.13 bits per heavy atom. The third-order valence-corrected chi connectivity index (χ3v) is 5.62. The first kappa shape index (κ1) is 13.5. The summed E-state index contributed by atoms with van der Waals surface area (Å²) in [5.74, 6) is -0.332. The molecular formula is C18H17NO4. The van der Waals surface area contributed by atoms with Gasteiger partial charge in [-0.1, -0.05) is 24.3 Å². The molecule has 5 heteroatoms. The van der Waals surface area contributed by atoms with Crippen molar-refractivity contribution in [3.63, 3.8) is 0 Å². The van der Waals surface area contributed by atoms with Crippen LogP contribution in [0.1, 0.15) is 24.1 Å². The summed E-state index contributed by atoms with van der Waals surface area (Å²) in [5.41, 5.74) is 2.23. The van der Waals surface area contributed by atoms with E-state index in [0.717, 1.165) is 11.1 Å². The van der Waals surface area contributed by atoms with E-state index in [1.807, 2.05) is 30.5 Å². The van der Waals surface area contributed by atoms with Crippen molar-refractivity contribution in [2.24, 2.45) is 11.8 Å². The molecule has 118 valence electrons. The van der Waals surface area contributed by atoms with Gasteiger partial charge in [-0.15, -0.1) is 0 Å². The zero-order valence-corrected chi connectivity index (χ0v) is 12.7. The van der Waals surface area contributed by atoms with Crippen LogP contribution in [0.15, 0.2) is 30.5 Å². The maximum atomic E-state index is 12.9. The number of Topliss-reactive ketones (excluding diaryl/α,β-unsaturated/α-hetero) is 2. The van der Waals surface area contributed by atoms with E-state index in [1.165, 1.54) is 0 Å². The zero-order valence-electron chi connectivity index (χ0n) is 12.7. The molecule has 4 heterocycles. The first-order chi connectivity index (χ1) is 11.2. The SMILES string of the molecule is CC(=O)[C@H]1[C@H]2[C@@H](C(=O)[C@H]3OC[C@H]2O3)[C@@H]2c3ccccc3C=CN12. The number of hydrogen-bond donors (Lipinski definition) is 0. The number of carbonyl (C=O) groups excluding carboxylic acids is 2. The van der Waals surface area contributed by atoms with Gasteiger partial charge in [0.1, 0.15) is 0 Å². The quantitative estimate of drug-likeness (QED) is 0.787. The monoisotopic (exact) mass is 311 g/mol. The Labute approximate surface area is 133 Å². The van der Waals surface area contributed by atoms with E-state index in [2.05, 4.69) is 11.0 Å². The van der Waals surface area contributed by atoms with E-state index >= 15 is 0 Å². The molecule has 3 fully saturated rings. The molecule has 6 atom stereocenters. The number of nitrogens with zero attached hydrogens (tertiary/aromatic N) is 1. The third kappa shape index (κ3) is 1.64. The highest BCUT2D eigenvalue weighted by atomic mass is 16.7. The number of benzene rings is 1. The first-order valence-corrected chi connectivity index (χ1v) is 8.02. The fraction of sp³-hybridized carbons (Fsp3) is 0.444. The van der Waals surface area contributed by atoms with Gasteiger partial charge in [0.2, 0.25) is 6.29 Å². The van der Waals surface area contributed by atoms with Crippen molar-refractivity contribution < 1.29 is 19.1 Å². The molecule has 0 aliphatic carbocycles. The van der Waals surface area contributed by atoms with Gasteiger partial charge in [0.25, 0.3) is 0 Å². The Morgan fingerprint density at radius 3 is 2.96 bits per heavy atom. The van der Waals surface area contributed by atoms with Gasteiger partial charge in [-0.05, 0) is 24.1 Å². The highest BCUT2D eigenvalue weighted by molar-refractivity contribution is 5.91. The van der Waals surface area contributed by atoms with Gasteiger partial charge in [0.15, 0.2) is 11.6 Å². The van der Waals surface area contributed by atoms with E-state index in [-0.39, 0.29) is 41.6 Å². The molecule has 0 spiro atoms. The number of fused-ring (bicyclic) bond motifs is 8. The fourth-order valence-corrected chi connectivity index (χ4v) is 4.79. The van der Waals surface area contributed by atoms with Crippen LogP contribution in [-0.4, -0.2) is 41.5 Å². The summed E-state index contributed by atoms with van der Waals surface area (Å²) in [4.78, 5) is 27.3. The molecule has 0 N–H and O–H groups in total. The largest absolute Gasteiger partial charge is 0.359 e. The van der Waals surface area contributed by atoms with Gasteiger partial charge in [0.05, 0.1) is 30.7 Å². The van der Waals surface area contributed by atoms with Crippen LogP contribution in [0.3, 0.4) is 0 Å². The van der Waals surface area contributed by atoms with Crippen LogP contribution in [0.2, 0.25) is 0 Å². The lowest BCUT2D eigenvalue weighted by atomic mass is 9.76. The van der Waals surface area contributed by atoms with Gasteiger partial charge < -0.3 is 14.4 Å². The van der Waals surface area contributed by atoms with Gasteiger partial charge in [-0.25, -0.2) is 0 Å². The zero-order chi connectivity index (χ0) is 15.7. The second-order valence-electron chi connectivity index (χ2n) is 6.74. The molecule has 0 aromatic heterocycles. The van der Waals surface area contributed by atoms with E-state index < -0.39 is 6.29 Å². The average Bonchev–Trinajstić information content (AvgIpc) is 3.13. The predicted octanol–water partition coefficient (Wildman–Crippen LogP) is 1.54. The summed E-state index contributed by atoms with van der Waals surface area (Å²) in [6.45, 7) is 2.00. The molecule has 0 saturated carbocycles. The third-order valence-electron chi connectivity index (χ3n) is 5.62. The molecule has 4 aliphatic heterocycles. The minimum Gasteiger partial charge on any atom is -0.359 e. The van der Waals surface area contributed by atoms with E-state index in [9.17, 15) is 9.59 Å². The molecule has 5 rings (SSSR count).